The van der Waals surface area contributed by atoms with Crippen LogP contribution in [0.4, 0.5) is 0 Å². The maximum Gasteiger partial charge on any atom is 0.299 e. The van der Waals surface area contributed by atoms with E-state index in [-0.39, 0.29) is 24.7 Å². The van der Waals surface area contributed by atoms with Crippen LogP contribution < -0.4 is 9.57 Å². The lowest BCUT2D eigenvalue weighted by molar-refractivity contribution is -0.711. The van der Waals surface area contributed by atoms with E-state index in [2.05, 4.69) is 4.84 Å². The first-order chi connectivity index (χ1) is 10.5. The second-order valence-corrected chi connectivity index (χ2v) is 5.20. The van der Waals surface area contributed by atoms with E-state index in [4.69, 9.17) is 14.2 Å². The molecule has 2 aliphatic heterocycles. The van der Waals surface area contributed by atoms with Gasteiger partial charge in [0.15, 0.2) is 5.75 Å². The Morgan fingerprint density at radius 1 is 1.41 bits per heavy atom. The minimum absolute atomic E-state index is 0.0576. The summed E-state index contributed by atoms with van der Waals surface area (Å²) in [4.78, 5) is 14.8. The molecular weight excluding hydrogens is 298 g/mol. The third kappa shape index (κ3) is 2.28. The molecule has 0 spiro atoms. The molecule has 2 heterocycles. The molecule has 2 aliphatic rings. The monoisotopic (exact) mass is 313 g/mol. The predicted molar refractivity (Wildman–Crippen MR) is 70.0 cm³/mol. The van der Waals surface area contributed by atoms with Crippen LogP contribution in [0.5, 0.6) is 11.5 Å². The number of hydrogen-bond acceptors (Lipinski definition) is 8. The van der Waals surface area contributed by atoms with E-state index < -0.39 is 29.0 Å². The molecule has 2 fully saturated rings. The first-order valence-electron chi connectivity index (χ1n) is 6.60. The average Bonchev–Trinajstić information content (AvgIpc) is 3.02. The Kier molecular flexibility index (Phi) is 3.65. The van der Waals surface area contributed by atoms with E-state index in [1.165, 1.54) is 25.3 Å². The second-order valence-electron chi connectivity index (χ2n) is 5.20. The Hall–Kier alpha value is -1.94. The third-order valence-electron chi connectivity index (χ3n) is 3.93. The van der Waals surface area contributed by atoms with E-state index in [1.807, 2.05) is 0 Å². The maximum atomic E-state index is 10.9. The summed E-state index contributed by atoms with van der Waals surface area (Å²) in [6, 6.07) is 4.23. The van der Waals surface area contributed by atoms with Crippen LogP contribution in [0.25, 0.3) is 0 Å². The minimum atomic E-state index is -1.47. The van der Waals surface area contributed by atoms with Crippen molar-refractivity contribution in [1.82, 2.24) is 0 Å². The number of fused-ring (bicyclic) bond motifs is 1. The third-order valence-corrected chi connectivity index (χ3v) is 3.93. The Labute approximate surface area is 125 Å². The zero-order valence-electron chi connectivity index (χ0n) is 11.7. The van der Waals surface area contributed by atoms with Crippen molar-refractivity contribution in [1.29, 1.82) is 0 Å². The largest absolute Gasteiger partial charge is 0.494 e. The zero-order valence-corrected chi connectivity index (χ0v) is 11.7. The van der Waals surface area contributed by atoms with E-state index in [0.29, 0.717) is 5.56 Å². The molecule has 4 atom stereocenters. The van der Waals surface area contributed by atoms with Crippen LogP contribution in [0.2, 0.25) is 0 Å². The van der Waals surface area contributed by atoms with Gasteiger partial charge < -0.3 is 24.4 Å². The highest BCUT2D eigenvalue weighted by molar-refractivity contribution is 5.45. The number of nitrogens with zero attached hydrogens (tertiary/aromatic N) is 1. The van der Waals surface area contributed by atoms with Crippen LogP contribution in [0.3, 0.4) is 0 Å². The lowest BCUT2D eigenvalue weighted by Gasteiger charge is -2.27. The molecule has 0 radical (unpaired) electrons. The van der Waals surface area contributed by atoms with Gasteiger partial charge >= 0.3 is 0 Å². The highest BCUT2D eigenvalue weighted by atomic mass is 17.0. The predicted octanol–water partition coefficient (Wildman–Crippen LogP) is -0.388. The Bertz CT molecular complexity index is 593. The number of methoxy groups -OCH3 is 1. The molecule has 9 heteroatoms. The standard InChI is InChI=1S/C13H15NO8/c1-19-10-4-7(2-3-9(10)22-14(17)18)13(16)6-21-11-8(15)5-20-12(11)13/h2-4,8,11-12,15-16H,5-6H2,1H3/t8-,11-,12+,13+/m1/s1. The summed E-state index contributed by atoms with van der Waals surface area (Å²) in [5.41, 5.74) is -1.07. The first-order valence-corrected chi connectivity index (χ1v) is 6.60. The summed E-state index contributed by atoms with van der Waals surface area (Å²) in [5.74, 6) is 0.0207. The average molecular weight is 313 g/mol. The number of hydrogen-bond donors (Lipinski definition) is 2. The number of aliphatic hydroxyl groups excluding tert-OH is 1. The molecule has 1 aromatic rings. The molecule has 120 valence electrons. The van der Waals surface area contributed by atoms with Crippen LogP contribution in [0.1, 0.15) is 5.56 Å². The highest BCUT2D eigenvalue weighted by Gasteiger charge is 2.56. The van der Waals surface area contributed by atoms with Gasteiger partial charge in [0.1, 0.15) is 29.7 Å². The van der Waals surface area contributed by atoms with Crippen LogP contribution >= 0.6 is 0 Å². The number of aliphatic hydroxyl groups is 2. The SMILES string of the molecule is COc1cc([C@@]2(O)CO[C@@H]3[C@H](O)CO[C@@H]32)ccc1O[N+](=O)[O-]. The lowest BCUT2D eigenvalue weighted by atomic mass is 9.88. The molecule has 2 N–H and O–H groups in total. The van der Waals surface area contributed by atoms with E-state index in [9.17, 15) is 20.3 Å². The maximum absolute atomic E-state index is 10.9. The normalized spacial score (nSPS) is 33.5. The van der Waals surface area contributed by atoms with Crippen LogP contribution in [-0.2, 0) is 15.1 Å². The van der Waals surface area contributed by atoms with Crippen LogP contribution in [0, 0.1) is 10.1 Å². The molecule has 0 amide bonds. The van der Waals surface area contributed by atoms with Crippen molar-refractivity contribution in [3.05, 3.63) is 33.9 Å². The van der Waals surface area contributed by atoms with Gasteiger partial charge in [-0.15, -0.1) is 10.1 Å². The van der Waals surface area contributed by atoms with Gasteiger partial charge in [0.25, 0.3) is 5.09 Å². The molecule has 0 unspecified atom stereocenters. The summed E-state index contributed by atoms with van der Waals surface area (Å²) in [5, 5.41) is 30.1. The van der Waals surface area contributed by atoms with Crippen LogP contribution in [0.15, 0.2) is 18.2 Å². The summed E-state index contributed by atoms with van der Waals surface area (Å²) in [6.45, 7) is 0.0231. The summed E-state index contributed by atoms with van der Waals surface area (Å²) >= 11 is 0. The fourth-order valence-electron chi connectivity index (χ4n) is 2.85. The Balaban J connectivity index is 1.93. The fraction of sp³-hybridized carbons (Fsp3) is 0.538. The summed E-state index contributed by atoms with van der Waals surface area (Å²) < 4.78 is 15.9. The molecule has 0 bridgehead atoms. The Morgan fingerprint density at radius 2 is 2.18 bits per heavy atom. The molecular formula is C13H15NO8. The molecule has 2 saturated heterocycles. The smallest absolute Gasteiger partial charge is 0.299 e. The van der Waals surface area contributed by atoms with Gasteiger partial charge in [0, 0.05) is 0 Å². The van der Waals surface area contributed by atoms with Crippen molar-refractivity contribution < 1.29 is 34.3 Å². The molecule has 1 aromatic carbocycles. The summed E-state index contributed by atoms with van der Waals surface area (Å²) in [7, 11) is 1.33. The highest BCUT2D eigenvalue weighted by Crippen LogP contribution is 2.43. The van der Waals surface area contributed by atoms with Crippen molar-refractivity contribution >= 4 is 0 Å². The molecule has 9 nitrogen and oxygen atoms in total. The van der Waals surface area contributed by atoms with Gasteiger partial charge in [-0.1, -0.05) is 6.07 Å². The first kappa shape index (κ1) is 15.0. The molecule has 0 saturated carbocycles. The van der Waals surface area contributed by atoms with Crippen LogP contribution in [-0.4, -0.2) is 53.9 Å². The van der Waals surface area contributed by atoms with Gasteiger partial charge in [-0.3, -0.25) is 4.84 Å². The molecule has 0 aromatic heterocycles. The molecule has 22 heavy (non-hydrogen) atoms. The minimum Gasteiger partial charge on any atom is -0.494 e. The van der Waals surface area contributed by atoms with Crippen molar-refractivity contribution in [2.75, 3.05) is 20.3 Å². The zero-order chi connectivity index (χ0) is 15.9. The topological polar surface area (TPSA) is 121 Å². The van der Waals surface area contributed by atoms with Crippen molar-refractivity contribution in [3.8, 4) is 11.5 Å². The number of ether oxygens (including phenoxy) is 3. The van der Waals surface area contributed by atoms with Crippen molar-refractivity contribution in [2.24, 2.45) is 0 Å². The van der Waals surface area contributed by atoms with Gasteiger partial charge in [0.2, 0.25) is 0 Å². The Morgan fingerprint density at radius 3 is 2.86 bits per heavy atom. The molecule has 3 rings (SSSR count). The van der Waals surface area contributed by atoms with Gasteiger partial charge in [0.05, 0.1) is 20.3 Å². The fourth-order valence-corrected chi connectivity index (χ4v) is 2.85. The quantitative estimate of drug-likeness (QED) is 0.569. The van der Waals surface area contributed by atoms with E-state index in [0.717, 1.165) is 0 Å². The molecule has 0 aliphatic carbocycles. The van der Waals surface area contributed by atoms with Crippen molar-refractivity contribution in [3.63, 3.8) is 0 Å². The van der Waals surface area contributed by atoms with Gasteiger partial charge in [-0.2, -0.15) is 0 Å². The second kappa shape index (κ2) is 5.36. The van der Waals surface area contributed by atoms with E-state index >= 15 is 0 Å². The van der Waals surface area contributed by atoms with Gasteiger partial charge in [-0.25, -0.2) is 0 Å². The van der Waals surface area contributed by atoms with Crippen molar-refractivity contribution in [2.45, 2.75) is 23.9 Å². The van der Waals surface area contributed by atoms with E-state index in [1.54, 1.807) is 0 Å². The lowest BCUT2D eigenvalue weighted by Crippen LogP contribution is -2.41. The summed E-state index contributed by atoms with van der Waals surface area (Å²) in [6.07, 6.45) is -2.11. The number of benzene rings is 1. The van der Waals surface area contributed by atoms with Gasteiger partial charge in [-0.05, 0) is 17.7 Å². The number of rotatable bonds is 4.